The van der Waals surface area contributed by atoms with Gasteiger partial charge in [-0.25, -0.2) is 0 Å². The first-order valence-corrected chi connectivity index (χ1v) is 28.4. The van der Waals surface area contributed by atoms with Gasteiger partial charge in [-0.15, -0.1) is 0 Å². The van der Waals surface area contributed by atoms with Crippen molar-refractivity contribution >= 4 is 65.0 Å². The van der Waals surface area contributed by atoms with Crippen LogP contribution in [-0.4, -0.2) is 144 Å². The molecule has 452 valence electrons. The van der Waals surface area contributed by atoms with E-state index in [1.807, 2.05) is 0 Å². The number of carbonyl (C=O) groups excluding carboxylic acids is 10. The van der Waals surface area contributed by atoms with Crippen molar-refractivity contribution in [1.29, 1.82) is 0 Å². The number of carboxylic acid groups (broad SMARTS) is 1. The fourth-order valence-electron chi connectivity index (χ4n) is 8.28. The van der Waals surface area contributed by atoms with E-state index in [4.69, 9.17) is 17.2 Å². The van der Waals surface area contributed by atoms with Crippen LogP contribution >= 0.6 is 0 Å². The number of unbranched alkanes of at least 4 members (excludes halogenated alkanes) is 12. The van der Waals surface area contributed by atoms with Crippen LogP contribution in [0.2, 0.25) is 0 Å². The molecule has 25 nitrogen and oxygen atoms in total. The highest BCUT2D eigenvalue weighted by atomic mass is 16.4. The van der Waals surface area contributed by atoms with E-state index in [-0.39, 0.29) is 50.4 Å². The van der Waals surface area contributed by atoms with E-state index in [1.54, 1.807) is 13.8 Å². The second-order valence-electron chi connectivity index (χ2n) is 20.4. The molecule has 1 aromatic rings. The standard InChI is InChI=1S/C55H94N12O13/c1-6-8-9-10-11-12-13-14-15-16-17-24-45(70)61-36(4)49(73)60-33-46(71)59-34-47(72)67-48(35(3)7-2)54(78)64-41(23-19-21-30-57)50(74)63-40(22-18-20-29-56)51(75)65-42(31-38-25-27-39(68)28-26-38)53(77)66-43(32-44(58)69)52(76)62-37(5)55(79)80/h25-28,35-37,40-43,48,68H,6-24,29-34,56-57H2,1-5H3,(H2,58,69)(H,59,71)(H,60,73)(H,61,70)(H,62,76)(H,63,74)(H,64,78)(H,65,75)(H,66,77)(H,67,72)(H,79,80)/t35-,36-,37-,40-,41-,42-,43-,48-/m0/s1. The second-order valence-corrected chi connectivity index (χ2v) is 20.4. The summed E-state index contributed by atoms with van der Waals surface area (Å²) in [6.07, 6.45) is 13.9. The molecule has 10 amide bonds. The Kier molecular flexibility index (Phi) is 36.6. The Morgan fingerprint density at radius 2 is 0.963 bits per heavy atom. The summed E-state index contributed by atoms with van der Waals surface area (Å²) >= 11 is 0. The maximum Gasteiger partial charge on any atom is 0.325 e. The first-order valence-electron chi connectivity index (χ1n) is 28.4. The van der Waals surface area contributed by atoms with E-state index in [0.29, 0.717) is 44.1 Å². The zero-order chi connectivity index (χ0) is 60.0. The Morgan fingerprint density at radius 3 is 1.48 bits per heavy atom. The third kappa shape index (κ3) is 31.0. The quantitative estimate of drug-likeness (QED) is 0.0397. The molecule has 25 heteroatoms. The Morgan fingerprint density at radius 1 is 0.487 bits per heavy atom. The SMILES string of the molecule is CCCCCCCCCCCCCC(=O)N[C@@H](C)C(=O)NCC(=O)NCC(=O)N[C@H](C(=O)N[C@@H](CCCCN)C(=O)N[C@@H](CCCCN)C(=O)N[C@@H](Cc1ccc(O)cc1)C(=O)N[C@@H](CC(N)=O)C(=O)N[C@@H](C)C(=O)O)[C@@H](C)CC. The lowest BCUT2D eigenvalue weighted by Gasteiger charge is -2.28. The number of hydrogen-bond donors (Lipinski definition) is 14. The van der Waals surface area contributed by atoms with Crippen LogP contribution < -0.4 is 65.1 Å². The highest BCUT2D eigenvalue weighted by molar-refractivity contribution is 5.98. The van der Waals surface area contributed by atoms with Crippen molar-refractivity contribution in [2.45, 2.75) is 212 Å². The average Bonchev–Trinajstić information content (AvgIpc) is 3.41. The topological polar surface area (TPSA) is 415 Å². The molecule has 1 aromatic carbocycles. The van der Waals surface area contributed by atoms with Crippen molar-refractivity contribution in [3.05, 3.63) is 29.8 Å². The van der Waals surface area contributed by atoms with Crippen LogP contribution in [0.3, 0.4) is 0 Å². The number of benzene rings is 1. The number of primary amides is 1. The number of aromatic hydroxyl groups is 1. The molecular formula is C55H94N12O13. The van der Waals surface area contributed by atoms with Gasteiger partial charge in [-0.3, -0.25) is 52.7 Å². The number of aliphatic carboxylic acids is 1. The number of carbonyl (C=O) groups is 11. The largest absolute Gasteiger partial charge is 0.508 e. The van der Waals surface area contributed by atoms with Gasteiger partial charge in [-0.2, -0.15) is 0 Å². The average molecular weight is 1130 g/mol. The summed E-state index contributed by atoms with van der Waals surface area (Å²) in [4.78, 5) is 144. The third-order valence-electron chi connectivity index (χ3n) is 13.4. The van der Waals surface area contributed by atoms with Gasteiger partial charge in [0.15, 0.2) is 0 Å². The van der Waals surface area contributed by atoms with Crippen LogP contribution in [0, 0.1) is 5.92 Å². The maximum absolute atomic E-state index is 14.2. The van der Waals surface area contributed by atoms with Crippen molar-refractivity contribution in [3.8, 4) is 5.75 Å². The highest BCUT2D eigenvalue weighted by Crippen LogP contribution is 2.15. The summed E-state index contributed by atoms with van der Waals surface area (Å²) in [5.41, 5.74) is 17.3. The monoisotopic (exact) mass is 1130 g/mol. The van der Waals surface area contributed by atoms with Crippen molar-refractivity contribution < 1.29 is 63.0 Å². The minimum Gasteiger partial charge on any atom is -0.508 e. The highest BCUT2D eigenvalue weighted by Gasteiger charge is 2.34. The Bertz CT molecular complexity index is 2110. The van der Waals surface area contributed by atoms with E-state index >= 15 is 0 Å². The van der Waals surface area contributed by atoms with Gasteiger partial charge < -0.3 is 75.3 Å². The van der Waals surface area contributed by atoms with Gasteiger partial charge in [0, 0.05) is 12.8 Å². The summed E-state index contributed by atoms with van der Waals surface area (Å²) in [6.45, 7) is 7.76. The minimum absolute atomic E-state index is 0.00161. The van der Waals surface area contributed by atoms with Gasteiger partial charge >= 0.3 is 5.97 Å². The molecule has 0 spiro atoms. The van der Waals surface area contributed by atoms with Gasteiger partial charge in [0.05, 0.1) is 19.5 Å². The lowest BCUT2D eigenvalue weighted by Crippen LogP contribution is -2.60. The van der Waals surface area contributed by atoms with E-state index < -0.39 is 127 Å². The van der Waals surface area contributed by atoms with E-state index in [2.05, 4.69) is 54.8 Å². The predicted molar refractivity (Wildman–Crippen MR) is 300 cm³/mol. The number of rotatable bonds is 44. The van der Waals surface area contributed by atoms with Gasteiger partial charge in [0.1, 0.15) is 48.0 Å². The van der Waals surface area contributed by atoms with Crippen LogP contribution in [-0.2, 0) is 59.2 Å². The lowest BCUT2D eigenvalue weighted by molar-refractivity contribution is -0.142. The molecule has 8 atom stereocenters. The number of amides is 10. The second kappa shape index (κ2) is 41.2. The zero-order valence-corrected chi connectivity index (χ0v) is 47.7. The van der Waals surface area contributed by atoms with E-state index in [9.17, 15) is 63.0 Å². The van der Waals surface area contributed by atoms with Gasteiger partial charge in [0.2, 0.25) is 59.1 Å². The lowest BCUT2D eigenvalue weighted by atomic mass is 9.97. The number of nitrogens with one attached hydrogen (secondary N) is 9. The Balaban J connectivity index is 3.10. The molecule has 0 aliphatic carbocycles. The molecule has 80 heavy (non-hydrogen) atoms. The molecule has 0 aliphatic rings. The van der Waals surface area contributed by atoms with Crippen molar-refractivity contribution in [3.63, 3.8) is 0 Å². The number of phenols is 1. The van der Waals surface area contributed by atoms with Crippen molar-refractivity contribution in [1.82, 2.24) is 47.9 Å². The number of nitrogens with two attached hydrogens (primary N) is 3. The molecule has 0 radical (unpaired) electrons. The first-order chi connectivity index (χ1) is 38.1. The fraction of sp³-hybridized carbons (Fsp3) is 0.691. The molecule has 0 bridgehead atoms. The molecule has 0 saturated heterocycles. The van der Waals surface area contributed by atoms with Crippen LogP contribution in [0.5, 0.6) is 5.75 Å². The smallest absolute Gasteiger partial charge is 0.325 e. The predicted octanol–water partition coefficient (Wildman–Crippen LogP) is 0.566. The third-order valence-corrected chi connectivity index (χ3v) is 13.4. The van der Waals surface area contributed by atoms with Crippen LogP contribution in [0.15, 0.2) is 24.3 Å². The van der Waals surface area contributed by atoms with E-state index in [1.165, 1.54) is 76.1 Å². The Labute approximate surface area is 471 Å². The van der Waals surface area contributed by atoms with Crippen LogP contribution in [0.25, 0.3) is 0 Å². The summed E-state index contributed by atoms with van der Waals surface area (Å²) in [7, 11) is 0. The summed E-state index contributed by atoms with van der Waals surface area (Å²) < 4.78 is 0. The molecule has 0 saturated carbocycles. The molecule has 0 unspecified atom stereocenters. The molecule has 0 aliphatic heterocycles. The summed E-state index contributed by atoms with van der Waals surface area (Å²) in [5.74, 6) is -9.78. The number of phenolic OH excluding ortho intramolecular Hbond substituents is 1. The van der Waals surface area contributed by atoms with E-state index in [0.717, 1.165) is 26.2 Å². The zero-order valence-electron chi connectivity index (χ0n) is 47.7. The van der Waals surface area contributed by atoms with Crippen molar-refractivity contribution in [2.24, 2.45) is 23.1 Å². The van der Waals surface area contributed by atoms with Crippen molar-refractivity contribution in [2.75, 3.05) is 26.2 Å². The Hall–Kier alpha value is -6.89. The minimum atomic E-state index is -1.66. The molecule has 0 fully saturated rings. The molecule has 0 heterocycles. The number of hydrogen-bond acceptors (Lipinski definition) is 14. The van der Waals surface area contributed by atoms with Crippen LogP contribution in [0.1, 0.15) is 169 Å². The normalized spacial score (nSPS) is 14.0. The summed E-state index contributed by atoms with van der Waals surface area (Å²) in [6, 6.07) is -3.70. The fourth-order valence-corrected chi connectivity index (χ4v) is 8.28. The maximum atomic E-state index is 14.2. The van der Waals surface area contributed by atoms with Gasteiger partial charge in [-0.1, -0.05) is 104 Å². The van der Waals surface area contributed by atoms with Gasteiger partial charge in [-0.05, 0) is 95.5 Å². The first kappa shape index (κ1) is 71.1. The molecule has 0 aromatic heterocycles. The molecule has 17 N–H and O–H groups in total. The number of carboxylic acids is 1. The van der Waals surface area contributed by atoms with Gasteiger partial charge in [0.25, 0.3) is 0 Å². The molecular weight excluding hydrogens is 1040 g/mol. The molecule has 1 rings (SSSR count). The van der Waals surface area contributed by atoms with Crippen LogP contribution in [0.4, 0.5) is 0 Å². The summed E-state index contributed by atoms with van der Waals surface area (Å²) in [5, 5.41) is 41.8.